The van der Waals surface area contributed by atoms with Crippen LogP contribution in [-0.4, -0.2) is 26.4 Å². The topological polar surface area (TPSA) is 53.9 Å². The van der Waals surface area contributed by atoms with E-state index in [4.69, 9.17) is 16.6 Å². The normalized spacial score (nSPS) is 17.7. The molecule has 1 saturated heterocycles. The van der Waals surface area contributed by atoms with E-state index in [0.29, 0.717) is 11.1 Å². The number of hydrogen-bond acceptors (Lipinski definition) is 6. The summed E-state index contributed by atoms with van der Waals surface area (Å²) in [6.45, 7) is 1.87. The zero-order chi connectivity index (χ0) is 17.1. The number of nitrogens with zero attached hydrogens (tertiary/aromatic N) is 4. The fourth-order valence-corrected chi connectivity index (χ4v) is 3.81. The van der Waals surface area contributed by atoms with Gasteiger partial charge in [-0.2, -0.15) is 0 Å². The number of hydrogen-bond donors (Lipinski definition) is 1. The third-order valence-corrected chi connectivity index (χ3v) is 5.21. The van der Waals surface area contributed by atoms with Crippen molar-refractivity contribution in [3.05, 3.63) is 64.5 Å². The zero-order valence-corrected chi connectivity index (χ0v) is 15.2. The van der Waals surface area contributed by atoms with Gasteiger partial charge in [0.15, 0.2) is 5.13 Å². The predicted octanol–water partition coefficient (Wildman–Crippen LogP) is 4.67. The summed E-state index contributed by atoms with van der Waals surface area (Å²) >= 11 is 7.50. The first-order chi connectivity index (χ1) is 12.3. The van der Waals surface area contributed by atoms with Gasteiger partial charge in [-0.1, -0.05) is 17.7 Å². The van der Waals surface area contributed by atoms with Crippen molar-refractivity contribution in [2.75, 3.05) is 11.9 Å². The number of nitrogens with one attached hydrogen (secondary N) is 1. The Morgan fingerprint density at radius 3 is 3.00 bits per heavy atom. The van der Waals surface area contributed by atoms with Crippen LogP contribution in [0.15, 0.2) is 48.1 Å². The van der Waals surface area contributed by atoms with Crippen molar-refractivity contribution in [1.29, 1.82) is 0 Å². The molecule has 0 amide bonds. The van der Waals surface area contributed by atoms with Crippen LogP contribution in [-0.2, 0) is 6.54 Å². The first-order valence-corrected chi connectivity index (χ1v) is 9.52. The lowest BCUT2D eigenvalue weighted by Crippen LogP contribution is -2.24. The highest BCUT2D eigenvalue weighted by Crippen LogP contribution is 2.32. The molecule has 128 valence electrons. The van der Waals surface area contributed by atoms with Gasteiger partial charge in [-0.15, -0.1) is 11.3 Å². The Labute approximate surface area is 155 Å². The molecule has 3 aromatic heterocycles. The molecule has 1 fully saturated rings. The molecule has 3 aromatic rings. The zero-order valence-electron chi connectivity index (χ0n) is 13.6. The van der Waals surface area contributed by atoms with Crippen LogP contribution in [0.4, 0.5) is 10.9 Å². The molecule has 0 spiro atoms. The van der Waals surface area contributed by atoms with E-state index in [0.717, 1.165) is 41.8 Å². The smallest absolute Gasteiger partial charge is 0.188 e. The highest BCUT2D eigenvalue weighted by Gasteiger charge is 2.27. The molecule has 0 saturated carbocycles. The van der Waals surface area contributed by atoms with Crippen LogP contribution in [0.25, 0.3) is 0 Å². The monoisotopic (exact) mass is 371 g/mol. The molecule has 7 heteroatoms. The van der Waals surface area contributed by atoms with Gasteiger partial charge in [0.05, 0.1) is 22.5 Å². The molecular weight excluding hydrogens is 354 g/mol. The molecule has 4 rings (SSSR count). The lowest BCUT2D eigenvalue weighted by atomic mass is 10.1. The van der Waals surface area contributed by atoms with E-state index in [2.05, 4.69) is 32.3 Å². The van der Waals surface area contributed by atoms with Gasteiger partial charge in [0, 0.05) is 24.3 Å². The maximum absolute atomic E-state index is 5.93. The Hall–Kier alpha value is -2.02. The highest BCUT2D eigenvalue weighted by atomic mass is 35.5. The summed E-state index contributed by atoms with van der Waals surface area (Å²) in [6.07, 6.45) is 5.78. The van der Waals surface area contributed by atoms with Gasteiger partial charge < -0.3 is 5.32 Å². The standard InChI is InChI=1S/C18H18ClN5S/c19-13-6-7-14(21-11-13)12-24-9-2-4-16(24)15-3-1-5-17(22-15)23-18-20-8-10-25-18/h1,3,5-8,10-11,16H,2,4,9,12H2,(H,20,22,23). The van der Waals surface area contributed by atoms with Crippen LogP contribution in [0.3, 0.4) is 0 Å². The molecular formula is C18H18ClN5S. The molecule has 1 unspecified atom stereocenters. The fraction of sp³-hybridized carbons (Fsp3) is 0.278. The highest BCUT2D eigenvalue weighted by molar-refractivity contribution is 7.13. The quantitative estimate of drug-likeness (QED) is 0.706. The number of rotatable bonds is 5. The summed E-state index contributed by atoms with van der Waals surface area (Å²) in [5, 5.41) is 6.75. The Kier molecular flexibility index (Phi) is 4.92. The Balaban J connectivity index is 1.50. The van der Waals surface area contributed by atoms with E-state index < -0.39 is 0 Å². The van der Waals surface area contributed by atoms with Crippen molar-refractivity contribution in [3.8, 4) is 0 Å². The van der Waals surface area contributed by atoms with E-state index in [1.165, 1.54) is 6.42 Å². The third kappa shape index (κ3) is 3.98. The molecule has 0 bridgehead atoms. The van der Waals surface area contributed by atoms with E-state index in [1.54, 1.807) is 23.7 Å². The Morgan fingerprint density at radius 1 is 1.24 bits per heavy atom. The van der Waals surface area contributed by atoms with Gasteiger partial charge in [-0.25, -0.2) is 9.97 Å². The third-order valence-electron chi connectivity index (χ3n) is 4.30. The molecule has 0 radical (unpaired) electrons. The van der Waals surface area contributed by atoms with Crippen molar-refractivity contribution < 1.29 is 0 Å². The van der Waals surface area contributed by atoms with Crippen LogP contribution in [0.2, 0.25) is 5.02 Å². The first kappa shape index (κ1) is 16.4. The average molecular weight is 372 g/mol. The lowest BCUT2D eigenvalue weighted by molar-refractivity contribution is 0.241. The molecule has 0 aliphatic carbocycles. The second-order valence-electron chi connectivity index (χ2n) is 6.01. The molecule has 1 N–H and O–H groups in total. The number of likely N-dealkylation sites (tertiary alicyclic amines) is 1. The van der Waals surface area contributed by atoms with Gasteiger partial charge in [-0.3, -0.25) is 9.88 Å². The molecule has 1 aliphatic heterocycles. The number of aromatic nitrogens is 3. The molecule has 25 heavy (non-hydrogen) atoms. The Morgan fingerprint density at radius 2 is 2.20 bits per heavy atom. The molecule has 0 aromatic carbocycles. The largest absolute Gasteiger partial charge is 0.316 e. The van der Waals surface area contributed by atoms with Gasteiger partial charge >= 0.3 is 0 Å². The van der Waals surface area contributed by atoms with Gasteiger partial charge in [0.1, 0.15) is 5.82 Å². The number of thiazole rings is 1. The van der Waals surface area contributed by atoms with E-state index in [-0.39, 0.29) is 0 Å². The summed E-state index contributed by atoms with van der Waals surface area (Å²) in [7, 11) is 0. The van der Waals surface area contributed by atoms with E-state index in [1.807, 2.05) is 23.6 Å². The summed E-state index contributed by atoms with van der Waals surface area (Å²) in [5.41, 5.74) is 2.13. The minimum absolute atomic E-state index is 0.315. The summed E-state index contributed by atoms with van der Waals surface area (Å²) in [4.78, 5) is 15.9. The van der Waals surface area contributed by atoms with Gasteiger partial charge in [0.2, 0.25) is 0 Å². The first-order valence-electron chi connectivity index (χ1n) is 8.26. The van der Waals surface area contributed by atoms with E-state index >= 15 is 0 Å². The summed E-state index contributed by atoms with van der Waals surface area (Å²) in [5.74, 6) is 0.837. The Bertz CT molecular complexity index is 822. The molecule has 1 atom stereocenters. The average Bonchev–Trinajstić information content (AvgIpc) is 3.29. The number of anilines is 2. The minimum atomic E-state index is 0.315. The maximum atomic E-state index is 5.93. The minimum Gasteiger partial charge on any atom is -0.316 e. The molecule has 4 heterocycles. The van der Waals surface area contributed by atoms with Gasteiger partial charge in [0.25, 0.3) is 0 Å². The lowest BCUT2D eigenvalue weighted by Gasteiger charge is -2.24. The van der Waals surface area contributed by atoms with Crippen molar-refractivity contribution in [3.63, 3.8) is 0 Å². The maximum Gasteiger partial charge on any atom is 0.188 e. The number of halogens is 1. The van der Waals surface area contributed by atoms with Crippen LogP contribution in [0, 0.1) is 0 Å². The van der Waals surface area contributed by atoms with Crippen LogP contribution < -0.4 is 5.32 Å². The number of pyridine rings is 2. The second-order valence-corrected chi connectivity index (χ2v) is 7.34. The summed E-state index contributed by atoms with van der Waals surface area (Å²) < 4.78 is 0. The van der Waals surface area contributed by atoms with Crippen molar-refractivity contribution >= 4 is 33.9 Å². The predicted molar refractivity (Wildman–Crippen MR) is 101 cm³/mol. The van der Waals surface area contributed by atoms with Crippen molar-refractivity contribution in [2.24, 2.45) is 0 Å². The van der Waals surface area contributed by atoms with Crippen LogP contribution in [0.5, 0.6) is 0 Å². The van der Waals surface area contributed by atoms with Crippen molar-refractivity contribution in [2.45, 2.75) is 25.4 Å². The molecule has 1 aliphatic rings. The van der Waals surface area contributed by atoms with Gasteiger partial charge in [-0.05, 0) is 43.7 Å². The SMILES string of the molecule is Clc1ccc(CN2CCCC2c2cccc(Nc3nccs3)n2)nc1. The second kappa shape index (κ2) is 7.47. The fourth-order valence-electron chi connectivity index (χ4n) is 3.16. The summed E-state index contributed by atoms with van der Waals surface area (Å²) in [6, 6.07) is 10.3. The van der Waals surface area contributed by atoms with E-state index in [9.17, 15) is 0 Å². The van der Waals surface area contributed by atoms with Crippen LogP contribution >= 0.6 is 22.9 Å². The van der Waals surface area contributed by atoms with Crippen LogP contribution in [0.1, 0.15) is 30.3 Å². The van der Waals surface area contributed by atoms with Crippen molar-refractivity contribution in [1.82, 2.24) is 19.9 Å². The molecule has 5 nitrogen and oxygen atoms in total.